The molecule has 0 saturated carbocycles. The first-order valence-electron chi connectivity index (χ1n) is 11.4. The fourth-order valence-electron chi connectivity index (χ4n) is 3.48. The number of halogens is 1. The fourth-order valence-corrected chi connectivity index (χ4v) is 3.48. The van der Waals surface area contributed by atoms with Crippen LogP contribution < -0.4 is 9.47 Å². The second-order valence-electron chi connectivity index (χ2n) is 8.27. The van der Waals surface area contributed by atoms with Crippen molar-refractivity contribution in [2.75, 3.05) is 14.2 Å². The molecule has 8 nitrogen and oxygen atoms in total. The third kappa shape index (κ3) is 6.38. The van der Waals surface area contributed by atoms with E-state index < -0.39 is 0 Å². The van der Waals surface area contributed by atoms with E-state index in [1.807, 2.05) is 35.9 Å². The summed E-state index contributed by atoms with van der Waals surface area (Å²) in [6.45, 7) is 8.15. The number of pyridine rings is 1. The van der Waals surface area contributed by atoms with Crippen molar-refractivity contribution in [3.05, 3.63) is 72.1 Å². The number of aromatic nitrogens is 6. The van der Waals surface area contributed by atoms with E-state index >= 15 is 0 Å². The SMILES string of the molecule is CC(C)Cc1ncc(F)cn1.CCc1cncc(-c2nnc(C)n2-c2c(OC)cccc2OC)c1.[HH]. The molecule has 4 aromatic rings. The molecule has 0 bridgehead atoms. The first kappa shape index (κ1) is 25.7. The molecule has 0 saturated heterocycles. The third-order valence-corrected chi connectivity index (χ3v) is 5.18. The highest BCUT2D eigenvalue weighted by Gasteiger charge is 2.20. The van der Waals surface area contributed by atoms with Crippen LogP contribution in [0.25, 0.3) is 17.1 Å². The van der Waals surface area contributed by atoms with E-state index in [-0.39, 0.29) is 7.24 Å². The summed E-state index contributed by atoms with van der Waals surface area (Å²) in [5, 5.41) is 8.60. The van der Waals surface area contributed by atoms with Gasteiger partial charge in [0.2, 0.25) is 0 Å². The number of para-hydroxylation sites is 1. The van der Waals surface area contributed by atoms with Gasteiger partial charge in [-0.1, -0.05) is 26.8 Å². The van der Waals surface area contributed by atoms with E-state index in [1.165, 1.54) is 12.4 Å². The molecule has 0 N–H and O–H groups in total. The van der Waals surface area contributed by atoms with Crippen LogP contribution in [0, 0.1) is 18.7 Å². The highest BCUT2D eigenvalue weighted by atomic mass is 19.1. The highest BCUT2D eigenvalue weighted by Crippen LogP contribution is 2.36. The molecule has 0 unspecified atom stereocenters. The first-order chi connectivity index (χ1) is 16.9. The zero-order valence-corrected chi connectivity index (χ0v) is 21.0. The van der Waals surface area contributed by atoms with Gasteiger partial charge in [-0.3, -0.25) is 9.55 Å². The maximum Gasteiger partial charge on any atom is 0.170 e. The van der Waals surface area contributed by atoms with Crippen molar-refractivity contribution in [1.82, 2.24) is 29.7 Å². The van der Waals surface area contributed by atoms with E-state index in [2.05, 4.69) is 52.0 Å². The molecule has 0 aliphatic carbocycles. The van der Waals surface area contributed by atoms with Crippen LogP contribution in [0.4, 0.5) is 4.39 Å². The second kappa shape index (κ2) is 12.0. The summed E-state index contributed by atoms with van der Waals surface area (Å²) in [5.74, 6) is 3.68. The number of aryl methyl sites for hydroxylation is 2. The van der Waals surface area contributed by atoms with Crippen molar-refractivity contribution in [2.45, 2.75) is 40.5 Å². The molecular weight excluding hydrogens is 447 g/mol. The average molecular weight is 481 g/mol. The number of methoxy groups -OCH3 is 2. The van der Waals surface area contributed by atoms with Crippen LogP contribution in [0.15, 0.2) is 49.1 Å². The van der Waals surface area contributed by atoms with Crippen LogP contribution in [-0.4, -0.2) is 43.9 Å². The smallest absolute Gasteiger partial charge is 0.170 e. The number of ether oxygens (including phenoxy) is 2. The lowest BCUT2D eigenvalue weighted by molar-refractivity contribution is 0.391. The second-order valence-corrected chi connectivity index (χ2v) is 8.27. The monoisotopic (exact) mass is 480 g/mol. The summed E-state index contributed by atoms with van der Waals surface area (Å²) in [7, 11) is 3.27. The van der Waals surface area contributed by atoms with Crippen LogP contribution in [0.3, 0.4) is 0 Å². The Morgan fingerprint density at radius 1 is 1.00 bits per heavy atom. The van der Waals surface area contributed by atoms with E-state index in [4.69, 9.17) is 9.47 Å². The Balaban J connectivity index is 0.000000321. The predicted octanol–water partition coefficient (Wildman–Crippen LogP) is 5.28. The highest BCUT2D eigenvalue weighted by molar-refractivity contribution is 5.65. The lowest BCUT2D eigenvalue weighted by Gasteiger charge is -2.16. The Hall–Kier alpha value is -3.88. The summed E-state index contributed by atoms with van der Waals surface area (Å²) in [5.41, 5.74) is 2.83. The first-order valence-corrected chi connectivity index (χ1v) is 11.4. The standard InChI is InChI=1S/C18H20N4O2.C8H11FN2.H2/c1-5-13-9-14(11-19-10-13)18-21-20-12(2)22(18)17-15(23-3)7-6-8-16(17)24-4;1-6(2)3-8-10-4-7(9)5-11-8;/h6-11H,5H2,1-4H3;4-6H,3H2,1-2H3;1H. The van der Waals surface area contributed by atoms with Gasteiger partial charge in [-0.2, -0.15) is 0 Å². The Morgan fingerprint density at radius 2 is 1.66 bits per heavy atom. The molecule has 35 heavy (non-hydrogen) atoms. The molecule has 3 heterocycles. The molecule has 0 amide bonds. The van der Waals surface area contributed by atoms with Crippen molar-refractivity contribution in [2.24, 2.45) is 5.92 Å². The van der Waals surface area contributed by atoms with E-state index in [0.29, 0.717) is 29.1 Å². The van der Waals surface area contributed by atoms with Gasteiger partial charge in [0.25, 0.3) is 0 Å². The minimum atomic E-state index is -0.377. The molecule has 1 aromatic carbocycles. The summed E-state index contributed by atoms with van der Waals surface area (Å²) < 4.78 is 25.3. The van der Waals surface area contributed by atoms with Gasteiger partial charge < -0.3 is 9.47 Å². The Kier molecular flexibility index (Phi) is 8.83. The lowest BCUT2D eigenvalue weighted by Crippen LogP contribution is -2.05. The van der Waals surface area contributed by atoms with Crippen LogP contribution in [0.5, 0.6) is 11.5 Å². The van der Waals surface area contributed by atoms with Crippen molar-refractivity contribution in [3.63, 3.8) is 0 Å². The summed E-state index contributed by atoms with van der Waals surface area (Å²) in [6, 6.07) is 7.75. The maximum absolute atomic E-state index is 12.3. The van der Waals surface area contributed by atoms with Crippen molar-refractivity contribution >= 4 is 0 Å². The van der Waals surface area contributed by atoms with Gasteiger partial charge in [-0.05, 0) is 43.0 Å². The third-order valence-electron chi connectivity index (χ3n) is 5.18. The van der Waals surface area contributed by atoms with Crippen molar-refractivity contribution in [3.8, 4) is 28.6 Å². The average Bonchev–Trinajstić information content (AvgIpc) is 3.25. The molecule has 4 rings (SSSR count). The molecule has 0 aliphatic heterocycles. The van der Waals surface area contributed by atoms with Gasteiger partial charge in [0.05, 0.1) is 26.6 Å². The fraction of sp³-hybridized carbons (Fsp3) is 0.346. The van der Waals surface area contributed by atoms with Crippen LogP contribution in [0.2, 0.25) is 0 Å². The quantitative estimate of drug-likeness (QED) is 0.356. The minimum absolute atomic E-state index is 0. The van der Waals surface area contributed by atoms with Crippen molar-refractivity contribution < 1.29 is 15.3 Å². The van der Waals surface area contributed by atoms with E-state index in [9.17, 15) is 4.39 Å². The van der Waals surface area contributed by atoms with Crippen molar-refractivity contribution in [1.29, 1.82) is 0 Å². The van der Waals surface area contributed by atoms with Gasteiger partial charge in [0, 0.05) is 25.8 Å². The lowest BCUT2D eigenvalue weighted by atomic mass is 10.1. The van der Waals surface area contributed by atoms with Crippen LogP contribution >= 0.6 is 0 Å². The molecular formula is C26H33FN6O2. The zero-order chi connectivity index (χ0) is 25.4. The van der Waals surface area contributed by atoms with Gasteiger partial charge in [-0.25, -0.2) is 14.4 Å². The minimum Gasteiger partial charge on any atom is -0.494 e. The molecule has 3 aromatic heterocycles. The molecule has 0 spiro atoms. The van der Waals surface area contributed by atoms with Crippen LogP contribution in [0.1, 0.15) is 39.4 Å². The summed E-state index contributed by atoms with van der Waals surface area (Å²) >= 11 is 0. The summed E-state index contributed by atoms with van der Waals surface area (Å²) in [4.78, 5) is 12.0. The van der Waals surface area contributed by atoms with Gasteiger partial charge in [0.15, 0.2) is 11.6 Å². The van der Waals surface area contributed by atoms with E-state index in [0.717, 1.165) is 35.5 Å². The topological polar surface area (TPSA) is 87.8 Å². The Bertz CT molecular complexity index is 1230. The maximum atomic E-state index is 12.3. The Morgan fingerprint density at radius 3 is 2.23 bits per heavy atom. The van der Waals surface area contributed by atoms with Gasteiger partial charge in [-0.15, -0.1) is 10.2 Å². The predicted molar refractivity (Wildman–Crippen MR) is 134 cm³/mol. The van der Waals surface area contributed by atoms with E-state index in [1.54, 1.807) is 20.4 Å². The number of hydrogen-bond acceptors (Lipinski definition) is 7. The summed E-state index contributed by atoms with van der Waals surface area (Å²) in [6.07, 6.45) is 7.77. The number of hydrogen-bond donors (Lipinski definition) is 0. The number of rotatable bonds is 7. The molecule has 0 aliphatic rings. The van der Waals surface area contributed by atoms with Crippen LogP contribution in [-0.2, 0) is 12.8 Å². The van der Waals surface area contributed by atoms with Gasteiger partial charge >= 0.3 is 0 Å². The molecule has 9 heteroatoms. The molecule has 186 valence electrons. The molecule has 0 atom stereocenters. The van der Waals surface area contributed by atoms with Gasteiger partial charge in [0.1, 0.15) is 28.8 Å². The molecule has 0 fully saturated rings. The number of nitrogens with zero attached hydrogens (tertiary/aromatic N) is 6. The Labute approximate surface area is 206 Å². The zero-order valence-electron chi connectivity index (χ0n) is 21.0. The molecule has 0 radical (unpaired) electrons. The largest absolute Gasteiger partial charge is 0.494 e. The normalized spacial score (nSPS) is 10.6. The number of benzene rings is 1.